The van der Waals surface area contributed by atoms with Gasteiger partial charge in [0.2, 0.25) is 0 Å². The summed E-state index contributed by atoms with van der Waals surface area (Å²) in [5.41, 5.74) is -1.51. The van der Waals surface area contributed by atoms with Crippen LogP contribution in [0.25, 0.3) is 0 Å². The smallest absolute Gasteiger partial charge is 0.406 e. The van der Waals surface area contributed by atoms with Crippen LogP contribution >= 0.6 is 12.4 Å². The van der Waals surface area contributed by atoms with Crippen molar-refractivity contribution in [2.45, 2.75) is 56.3 Å². The summed E-state index contributed by atoms with van der Waals surface area (Å²) < 4.78 is 108. The Hall–Kier alpha value is -2.55. The van der Waals surface area contributed by atoms with E-state index in [0.29, 0.717) is 13.1 Å². The Balaban J connectivity index is 0.00000560. The van der Waals surface area contributed by atoms with Gasteiger partial charge in [-0.15, -0.1) is 25.6 Å². The SMILES string of the molecule is CCS(=O)(=O)c1ccc(OC(F)(F)F)cc1CNC(=O)c1ccc(CN2CCC[C@H](NC)C2)c(C(F)(F)F)c1.Cl. The van der Waals surface area contributed by atoms with Gasteiger partial charge in [-0.2, -0.15) is 13.2 Å². The van der Waals surface area contributed by atoms with Crippen LogP contribution in [0.3, 0.4) is 0 Å². The second-order valence-electron chi connectivity index (χ2n) is 9.14. The van der Waals surface area contributed by atoms with Gasteiger partial charge in [0.15, 0.2) is 9.84 Å². The number of sulfone groups is 1. The third-order valence-electron chi connectivity index (χ3n) is 6.41. The van der Waals surface area contributed by atoms with Gasteiger partial charge in [-0.3, -0.25) is 9.69 Å². The Morgan fingerprint density at radius 3 is 2.38 bits per heavy atom. The summed E-state index contributed by atoms with van der Waals surface area (Å²) in [6, 6.07) is 5.92. The van der Waals surface area contributed by atoms with Crippen molar-refractivity contribution in [1.82, 2.24) is 15.5 Å². The van der Waals surface area contributed by atoms with Gasteiger partial charge in [0.1, 0.15) is 5.75 Å². The van der Waals surface area contributed by atoms with Crippen molar-refractivity contribution >= 4 is 28.2 Å². The van der Waals surface area contributed by atoms with Gasteiger partial charge < -0.3 is 15.4 Å². The van der Waals surface area contributed by atoms with Crippen LogP contribution in [-0.4, -0.2) is 57.5 Å². The largest absolute Gasteiger partial charge is 0.573 e. The number of halogens is 7. The normalized spacial score (nSPS) is 16.8. The molecule has 1 heterocycles. The summed E-state index contributed by atoms with van der Waals surface area (Å²) in [6.45, 7) is 2.03. The molecule has 224 valence electrons. The minimum Gasteiger partial charge on any atom is -0.406 e. The number of nitrogens with one attached hydrogen (secondary N) is 2. The van der Waals surface area contributed by atoms with Crippen molar-refractivity contribution in [2.24, 2.45) is 0 Å². The summed E-state index contributed by atoms with van der Waals surface area (Å²) in [4.78, 5) is 14.3. The van der Waals surface area contributed by atoms with Crippen LogP contribution < -0.4 is 15.4 Å². The van der Waals surface area contributed by atoms with Gasteiger partial charge in [0.05, 0.1) is 16.2 Å². The van der Waals surface area contributed by atoms with E-state index in [-0.39, 0.29) is 52.3 Å². The number of amides is 1. The van der Waals surface area contributed by atoms with E-state index in [1.165, 1.54) is 19.1 Å². The van der Waals surface area contributed by atoms with Gasteiger partial charge in [-0.1, -0.05) is 13.0 Å². The maximum Gasteiger partial charge on any atom is 0.573 e. The molecule has 0 unspecified atom stereocenters. The molecule has 1 amide bonds. The fourth-order valence-corrected chi connectivity index (χ4v) is 5.54. The first-order valence-electron chi connectivity index (χ1n) is 12.1. The van der Waals surface area contributed by atoms with Gasteiger partial charge in [-0.25, -0.2) is 8.42 Å². The van der Waals surface area contributed by atoms with Crippen molar-refractivity contribution in [1.29, 1.82) is 0 Å². The van der Waals surface area contributed by atoms with E-state index in [1.807, 2.05) is 4.90 Å². The third kappa shape index (κ3) is 8.98. The molecule has 15 heteroatoms. The van der Waals surface area contributed by atoms with Crippen molar-refractivity contribution in [3.05, 3.63) is 58.7 Å². The number of ether oxygens (including phenoxy) is 1. The molecule has 2 aromatic carbocycles. The zero-order chi connectivity index (χ0) is 29.0. The molecule has 1 aliphatic heterocycles. The minimum absolute atomic E-state index is 0. The maximum absolute atomic E-state index is 13.9. The molecule has 40 heavy (non-hydrogen) atoms. The Labute approximate surface area is 234 Å². The number of alkyl halides is 6. The van der Waals surface area contributed by atoms with Crippen molar-refractivity contribution in [3.8, 4) is 5.75 Å². The Bertz CT molecular complexity index is 1290. The number of hydrogen-bond acceptors (Lipinski definition) is 6. The number of piperidine rings is 1. The molecule has 0 aromatic heterocycles. The molecule has 0 aliphatic carbocycles. The molecule has 0 spiro atoms. The van der Waals surface area contributed by atoms with Crippen molar-refractivity contribution in [3.63, 3.8) is 0 Å². The number of benzene rings is 2. The molecule has 3 rings (SSSR count). The molecule has 0 bridgehead atoms. The molecule has 2 aromatic rings. The number of nitrogens with zero attached hydrogens (tertiary/aromatic N) is 1. The summed E-state index contributed by atoms with van der Waals surface area (Å²) in [5, 5.41) is 5.44. The van der Waals surface area contributed by atoms with E-state index in [9.17, 15) is 39.6 Å². The lowest BCUT2D eigenvalue weighted by atomic mass is 10.00. The van der Waals surface area contributed by atoms with E-state index in [4.69, 9.17) is 0 Å². The van der Waals surface area contributed by atoms with Crippen LogP contribution in [0.2, 0.25) is 0 Å². The molecule has 1 aliphatic rings. The van der Waals surface area contributed by atoms with Gasteiger partial charge in [0, 0.05) is 31.2 Å². The fraction of sp³-hybridized carbons (Fsp3) is 0.480. The zero-order valence-corrected chi connectivity index (χ0v) is 23.3. The molecule has 7 nitrogen and oxygen atoms in total. The average Bonchev–Trinajstić information content (AvgIpc) is 2.86. The minimum atomic E-state index is -5.04. The molecule has 0 radical (unpaired) electrons. The second-order valence-corrected chi connectivity index (χ2v) is 11.4. The van der Waals surface area contributed by atoms with Crippen LogP contribution in [0, 0.1) is 0 Å². The van der Waals surface area contributed by atoms with Crippen LogP contribution in [0.5, 0.6) is 5.75 Å². The maximum atomic E-state index is 13.9. The zero-order valence-electron chi connectivity index (χ0n) is 21.7. The molecular formula is C25H30ClF6N3O4S. The standard InChI is InChI=1S/C25H29F6N3O4S.ClH/c1-3-39(36,37)22-9-8-20(38-25(29,30)31)11-18(22)13-33-23(35)16-6-7-17(21(12-16)24(26,27)28)14-34-10-4-5-19(15-34)32-2;/h6-9,11-12,19,32H,3-5,10,13-15H2,1-2H3,(H,33,35);1H/t19-;/m0./s1. The van der Waals surface area contributed by atoms with Crippen molar-refractivity contribution < 1.29 is 44.3 Å². The summed E-state index contributed by atoms with van der Waals surface area (Å²) in [5.74, 6) is -2.03. The Morgan fingerprint density at radius 2 is 1.77 bits per heavy atom. The molecule has 1 fully saturated rings. The number of rotatable bonds is 9. The van der Waals surface area contributed by atoms with E-state index in [0.717, 1.165) is 37.1 Å². The highest BCUT2D eigenvalue weighted by Gasteiger charge is 2.35. The first-order chi connectivity index (χ1) is 18.1. The molecule has 2 N–H and O–H groups in total. The van der Waals surface area contributed by atoms with Crippen LogP contribution in [0.15, 0.2) is 41.3 Å². The summed E-state index contributed by atoms with van der Waals surface area (Å²) in [7, 11) is -2.11. The lowest BCUT2D eigenvalue weighted by Gasteiger charge is -2.33. The molecule has 1 atom stereocenters. The first kappa shape index (κ1) is 33.7. The van der Waals surface area contributed by atoms with Crippen LogP contribution in [-0.2, 0) is 29.1 Å². The van der Waals surface area contributed by atoms with Crippen molar-refractivity contribution in [2.75, 3.05) is 25.9 Å². The fourth-order valence-electron chi connectivity index (χ4n) is 4.42. The second kappa shape index (κ2) is 13.4. The first-order valence-corrected chi connectivity index (χ1v) is 13.8. The van der Waals surface area contributed by atoms with Crippen LogP contribution in [0.4, 0.5) is 26.3 Å². The quantitative estimate of drug-likeness (QED) is 0.388. The lowest BCUT2D eigenvalue weighted by molar-refractivity contribution is -0.274. The predicted octanol–water partition coefficient (Wildman–Crippen LogP) is 4.93. The monoisotopic (exact) mass is 617 g/mol. The molecule has 0 saturated carbocycles. The highest BCUT2D eigenvalue weighted by atomic mass is 35.5. The summed E-state index contributed by atoms with van der Waals surface area (Å²) in [6.07, 6.45) is -8.03. The number of likely N-dealkylation sites (N-methyl/N-ethyl adjacent to an activating group) is 1. The van der Waals surface area contributed by atoms with Crippen LogP contribution in [0.1, 0.15) is 46.8 Å². The van der Waals surface area contributed by atoms with Gasteiger partial charge in [0.25, 0.3) is 5.91 Å². The Kier molecular flexibility index (Phi) is 11.3. The van der Waals surface area contributed by atoms with E-state index in [2.05, 4.69) is 15.4 Å². The topological polar surface area (TPSA) is 87.7 Å². The van der Waals surface area contributed by atoms with E-state index >= 15 is 0 Å². The highest BCUT2D eigenvalue weighted by molar-refractivity contribution is 7.91. The van der Waals surface area contributed by atoms with E-state index in [1.54, 1.807) is 7.05 Å². The number of carbonyl (C=O) groups excluding carboxylic acids is 1. The third-order valence-corrected chi connectivity index (χ3v) is 8.23. The number of carbonyl (C=O) groups is 1. The molecule has 1 saturated heterocycles. The lowest BCUT2D eigenvalue weighted by Crippen LogP contribution is -2.44. The summed E-state index contributed by atoms with van der Waals surface area (Å²) >= 11 is 0. The average molecular weight is 618 g/mol. The highest BCUT2D eigenvalue weighted by Crippen LogP contribution is 2.34. The predicted molar refractivity (Wildman–Crippen MR) is 138 cm³/mol. The van der Waals surface area contributed by atoms with Gasteiger partial charge in [-0.05, 0) is 67.9 Å². The Morgan fingerprint density at radius 1 is 1.07 bits per heavy atom. The molecular weight excluding hydrogens is 588 g/mol. The van der Waals surface area contributed by atoms with E-state index < -0.39 is 46.1 Å². The number of likely N-dealkylation sites (tertiary alicyclic amines) is 1. The van der Waals surface area contributed by atoms with Gasteiger partial charge >= 0.3 is 12.5 Å². The number of hydrogen-bond donors (Lipinski definition) is 2.